The lowest BCUT2D eigenvalue weighted by molar-refractivity contribution is 0.0487. The molecule has 1 aliphatic heterocycles. The van der Waals surface area contributed by atoms with Gasteiger partial charge < -0.3 is 10.6 Å². The predicted molar refractivity (Wildman–Crippen MR) is 64.8 cm³/mol. The lowest BCUT2D eigenvalue weighted by Gasteiger charge is -2.46. The molecule has 2 N–H and O–H groups in total. The maximum absolute atomic E-state index is 5.99. The third-order valence-corrected chi connectivity index (χ3v) is 4.68. The molecule has 0 unspecified atom stereocenters. The lowest BCUT2D eigenvalue weighted by atomic mass is 9.67. The van der Waals surface area contributed by atoms with E-state index >= 15 is 0 Å². The van der Waals surface area contributed by atoms with Crippen molar-refractivity contribution in [1.82, 2.24) is 4.90 Å². The van der Waals surface area contributed by atoms with E-state index in [0.29, 0.717) is 11.5 Å². The molecule has 0 radical (unpaired) electrons. The van der Waals surface area contributed by atoms with Crippen molar-refractivity contribution in [3.8, 4) is 0 Å². The maximum Gasteiger partial charge on any atom is 0.00392 e. The molecule has 0 bridgehead atoms. The van der Waals surface area contributed by atoms with Crippen LogP contribution in [-0.2, 0) is 0 Å². The number of piperidine rings is 1. The smallest absolute Gasteiger partial charge is 0.00392 e. The van der Waals surface area contributed by atoms with Gasteiger partial charge in [0.15, 0.2) is 0 Å². The Morgan fingerprint density at radius 2 is 1.60 bits per heavy atom. The van der Waals surface area contributed by atoms with Gasteiger partial charge in [-0.3, -0.25) is 0 Å². The zero-order valence-electron chi connectivity index (χ0n) is 10.3. The average molecular weight is 210 g/mol. The van der Waals surface area contributed by atoms with Crippen LogP contribution in [0.5, 0.6) is 0 Å². The molecule has 2 rings (SSSR count). The van der Waals surface area contributed by atoms with Crippen LogP contribution in [0.2, 0.25) is 0 Å². The van der Waals surface area contributed by atoms with Crippen molar-refractivity contribution in [2.75, 3.05) is 13.1 Å². The van der Waals surface area contributed by atoms with E-state index in [1.807, 2.05) is 0 Å². The zero-order valence-corrected chi connectivity index (χ0v) is 10.3. The van der Waals surface area contributed by atoms with Crippen LogP contribution in [0.1, 0.15) is 52.4 Å². The van der Waals surface area contributed by atoms with Crippen LogP contribution >= 0.6 is 0 Å². The first kappa shape index (κ1) is 11.4. The molecule has 2 heteroatoms. The highest BCUT2D eigenvalue weighted by molar-refractivity contribution is 4.91. The highest BCUT2D eigenvalue weighted by Gasteiger charge is 2.37. The molecule has 2 nitrogen and oxygen atoms in total. The largest absolute Gasteiger partial charge is 0.328 e. The Balaban J connectivity index is 1.86. The Bertz CT molecular complexity index is 195. The van der Waals surface area contributed by atoms with E-state index in [1.165, 1.54) is 51.6 Å². The van der Waals surface area contributed by atoms with Gasteiger partial charge in [-0.25, -0.2) is 0 Å². The van der Waals surface area contributed by atoms with Crippen molar-refractivity contribution in [3.63, 3.8) is 0 Å². The van der Waals surface area contributed by atoms with E-state index in [2.05, 4.69) is 18.7 Å². The summed E-state index contributed by atoms with van der Waals surface area (Å²) in [5, 5.41) is 0. The molecule has 1 saturated heterocycles. The van der Waals surface area contributed by atoms with Crippen LogP contribution in [0.3, 0.4) is 0 Å². The summed E-state index contributed by atoms with van der Waals surface area (Å²) >= 11 is 0. The van der Waals surface area contributed by atoms with Gasteiger partial charge in [-0.2, -0.15) is 0 Å². The Kier molecular flexibility index (Phi) is 3.36. The predicted octanol–water partition coefficient (Wildman–Crippen LogP) is 2.38. The number of rotatable bonds is 1. The van der Waals surface area contributed by atoms with E-state index in [-0.39, 0.29) is 0 Å². The van der Waals surface area contributed by atoms with E-state index in [1.54, 1.807) is 0 Å². The summed E-state index contributed by atoms with van der Waals surface area (Å²) in [6, 6.07) is 1.23. The molecular formula is C13H26N2. The second kappa shape index (κ2) is 4.42. The third-order valence-electron chi connectivity index (χ3n) is 4.68. The van der Waals surface area contributed by atoms with Gasteiger partial charge in [0.2, 0.25) is 0 Å². The van der Waals surface area contributed by atoms with E-state index in [0.717, 1.165) is 6.04 Å². The van der Waals surface area contributed by atoms with Crippen molar-refractivity contribution in [1.29, 1.82) is 0 Å². The maximum atomic E-state index is 5.99. The summed E-state index contributed by atoms with van der Waals surface area (Å²) in [5.41, 5.74) is 6.67. The van der Waals surface area contributed by atoms with Crippen molar-refractivity contribution >= 4 is 0 Å². The summed E-state index contributed by atoms with van der Waals surface area (Å²) < 4.78 is 0. The molecule has 1 aliphatic carbocycles. The molecule has 1 spiro atoms. The molecule has 2 fully saturated rings. The molecule has 0 aromatic carbocycles. The first-order valence-electron chi connectivity index (χ1n) is 6.61. The van der Waals surface area contributed by atoms with Crippen LogP contribution in [0, 0.1) is 5.41 Å². The fourth-order valence-electron chi connectivity index (χ4n) is 3.27. The second-order valence-corrected chi connectivity index (χ2v) is 5.97. The van der Waals surface area contributed by atoms with Gasteiger partial charge in [0.05, 0.1) is 0 Å². The van der Waals surface area contributed by atoms with Crippen LogP contribution in [0.15, 0.2) is 0 Å². The molecule has 0 aromatic heterocycles. The van der Waals surface area contributed by atoms with Crippen LogP contribution in [-0.4, -0.2) is 30.1 Å². The van der Waals surface area contributed by atoms with Gasteiger partial charge in [0, 0.05) is 12.1 Å². The SMILES string of the molecule is CC(C)N1CCC2(CCC(N)CC2)CC1. The summed E-state index contributed by atoms with van der Waals surface area (Å²) in [4.78, 5) is 2.62. The molecule has 15 heavy (non-hydrogen) atoms. The molecule has 0 aromatic rings. The van der Waals surface area contributed by atoms with Crippen LogP contribution < -0.4 is 5.73 Å². The van der Waals surface area contributed by atoms with Gasteiger partial charge >= 0.3 is 0 Å². The minimum absolute atomic E-state index is 0.499. The molecule has 88 valence electrons. The molecule has 1 saturated carbocycles. The first-order valence-corrected chi connectivity index (χ1v) is 6.61. The van der Waals surface area contributed by atoms with Gasteiger partial charge in [0.25, 0.3) is 0 Å². The minimum atomic E-state index is 0.499. The number of likely N-dealkylation sites (tertiary alicyclic amines) is 1. The van der Waals surface area contributed by atoms with Gasteiger partial charge in [-0.15, -0.1) is 0 Å². The molecule has 0 atom stereocenters. The first-order chi connectivity index (χ1) is 7.11. The molecular weight excluding hydrogens is 184 g/mol. The van der Waals surface area contributed by atoms with Gasteiger partial charge in [-0.1, -0.05) is 0 Å². The Hall–Kier alpha value is -0.0800. The number of nitrogens with two attached hydrogens (primary N) is 1. The Morgan fingerprint density at radius 3 is 2.07 bits per heavy atom. The normalized spacial score (nSPS) is 28.8. The summed E-state index contributed by atoms with van der Waals surface area (Å²) in [6.45, 7) is 7.25. The summed E-state index contributed by atoms with van der Waals surface area (Å²) in [6.07, 6.45) is 8.14. The molecule has 1 heterocycles. The Morgan fingerprint density at radius 1 is 1.07 bits per heavy atom. The monoisotopic (exact) mass is 210 g/mol. The van der Waals surface area contributed by atoms with E-state index in [4.69, 9.17) is 5.73 Å². The highest BCUT2D eigenvalue weighted by Crippen LogP contribution is 2.44. The second-order valence-electron chi connectivity index (χ2n) is 5.97. The topological polar surface area (TPSA) is 29.3 Å². The minimum Gasteiger partial charge on any atom is -0.328 e. The molecule has 2 aliphatic rings. The standard InChI is InChI=1S/C13H26N2/c1-11(2)15-9-7-13(8-10-15)5-3-12(14)4-6-13/h11-12H,3-10,14H2,1-2H3. The lowest BCUT2D eigenvalue weighted by Crippen LogP contribution is -2.45. The Labute approximate surface area is 94.2 Å². The van der Waals surface area contributed by atoms with Gasteiger partial charge in [-0.05, 0) is 70.9 Å². The fourth-order valence-corrected chi connectivity index (χ4v) is 3.27. The number of nitrogens with zero attached hydrogens (tertiary/aromatic N) is 1. The van der Waals surface area contributed by atoms with Crippen molar-refractivity contribution in [2.45, 2.75) is 64.5 Å². The quantitative estimate of drug-likeness (QED) is 0.720. The summed E-state index contributed by atoms with van der Waals surface area (Å²) in [7, 11) is 0. The fraction of sp³-hybridized carbons (Fsp3) is 1.00. The van der Waals surface area contributed by atoms with Crippen molar-refractivity contribution in [2.24, 2.45) is 11.1 Å². The van der Waals surface area contributed by atoms with Gasteiger partial charge in [0.1, 0.15) is 0 Å². The average Bonchev–Trinajstić information content (AvgIpc) is 2.24. The zero-order chi connectivity index (χ0) is 10.9. The van der Waals surface area contributed by atoms with E-state index in [9.17, 15) is 0 Å². The van der Waals surface area contributed by atoms with Crippen LogP contribution in [0.25, 0.3) is 0 Å². The van der Waals surface area contributed by atoms with Crippen molar-refractivity contribution in [3.05, 3.63) is 0 Å². The number of hydrogen-bond acceptors (Lipinski definition) is 2. The number of hydrogen-bond donors (Lipinski definition) is 1. The third kappa shape index (κ3) is 2.54. The highest BCUT2D eigenvalue weighted by atomic mass is 15.2. The van der Waals surface area contributed by atoms with Crippen LogP contribution in [0.4, 0.5) is 0 Å². The molecule has 0 amide bonds. The summed E-state index contributed by atoms with van der Waals surface area (Å²) in [5.74, 6) is 0. The van der Waals surface area contributed by atoms with E-state index < -0.39 is 0 Å². The van der Waals surface area contributed by atoms with Crippen molar-refractivity contribution < 1.29 is 0 Å².